The molecule has 0 amide bonds. The highest BCUT2D eigenvalue weighted by molar-refractivity contribution is 5.55. The number of hydrogen-bond donors (Lipinski definition) is 0. The van der Waals surface area contributed by atoms with E-state index in [1.807, 2.05) is 12.1 Å². The Kier molecular flexibility index (Phi) is 4.73. The predicted octanol–water partition coefficient (Wildman–Crippen LogP) is 4.20. The molecule has 2 aromatic rings. The van der Waals surface area contributed by atoms with Crippen LogP contribution in [-0.4, -0.2) is 6.29 Å². The van der Waals surface area contributed by atoms with E-state index in [1.165, 1.54) is 27.8 Å². The number of carbonyl (C=O) groups is 1. The molecular formula is C19H22O. The second kappa shape index (κ2) is 6.51. The fraction of sp³-hybridized carbons (Fsp3) is 0.316. The largest absolute Gasteiger partial charge is 0.303 e. The van der Waals surface area contributed by atoms with Crippen molar-refractivity contribution in [2.45, 2.75) is 40.0 Å². The summed E-state index contributed by atoms with van der Waals surface area (Å²) in [5, 5.41) is 0. The van der Waals surface area contributed by atoms with Crippen molar-refractivity contribution >= 4 is 6.29 Å². The van der Waals surface area contributed by atoms with E-state index in [0.717, 1.165) is 24.7 Å². The molecule has 0 N–H and O–H groups in total. The minimum Gasteiger partial charge on any atom is -0.303 e. The van der Waals surface area contributed by atoms with Crippen LogP contribution in [0.25, 0.3) is 0 Å². The minimum absolute atomic E-state index is 0.504. The molecule has 0 spiro atoms. The highest BCUT2D eigenvalue weighted by Gasteiger charge is 2.06. The van der Waals surface area contributed by atoms with E-state index in [9.17, 15) is 4.79 Å². The molecule has 0 aliphatic rings. The van der Waals surface area contributed by atoms with Crippen LogP contribution in [0.3, 0.4) is 0 Å². The van der Waals surface area contributed by atoms with Gasteiger partial charge in [-0.25, -0.2) is 0 Å². The van der Waals surface area contributed by atoms with Crippen LogP contribution in [0.4, 0.5) is 0 Å². The summed E-state index contributed by atoms with van der Waals surface area (Å²) in [4.78, 5) is 10.5. The van der Waals surface area contributed by atoms with Crippen molar-refractivity contribution in [2.24, 2.45) is 0 Å². The van der Waals surface area contributed by atoms with Crippen LogP contribution in [0.5, 0.6) is 0 Å². The zero-order valence-electron chi connectivity index (χ0n) is 12.6. The lowest BCUT2D eigenvalue weighted by molar-refractivity contribution is -0.107. The molecule has 0 saturated carbocycles. The SMILES string of the molecule is CCc1c(C)ccc(Cc2ccc(CC=O)cc2)c1C. The van der Waals surface area contributed by atoms with Crippen molar-refractivity contribution in [3.8, 4) is 0 Å². The number of aryl methyl sites for hydroxylation is 1. The average molecular weight is 266 g/mol. The van der Waals surface area contributed by atoms with Gasteiger partial charge >= 0.3 is 0 Å². The molecule has 0 unspecified atom stereocenters. The first-order chi connectivity index (χ1) is 9.65. The lowest BCUT2D eigenvalue weighted by Gasteiger charge is -2.13. The van der Waals surface area contributed by atoms with Crippen LogP contribution in [-0.2, 0) is 24.1 Å². The Morgan fingerprint density at radius 2 is 1.60 bits per heavy atom. The summed E-state index contributed by atoms with van der Waals surface area (Å²) >= 11 is 0. The highest BCUT2D eigenvalue weighted by atomic mass is 16.1. The van der Waals surface area contributed by atoms with Gasteiger partial charge in [0.15, 0.2) is 0 Å². The lowest BCUT2D eigenvalue weighted by Crippen LogP contribution is -1.99. The van der Waals surface area contributed by atoms with Crippen LogP contribution in [0.1, 0.15) is 40.3 Å². The standard InChI is InChI=1S/C19H22O/c1-4-19-14(2)5-10-18(15(19)3)13-17-8-6-16(7-9-17)11-12-20/h5-10,12H,4,11,13H2,1-3H3. The Morgan fingerprint density at radius 1 is 0.950 bits per heavy atom. The number of aldehydes is 1. The first-order valence-corrected chi connectivity index (χ1v) is 7.25. The van der Waals surface area contributed by atoms with Crippen LogP contribution >= 0.6 is 0 Å². The van der Waals surface area contributed by atoms with Gasteiger partial charge in [0, 0.05) is 6.42 Å². The molecule has 1 heteroatoms. The normalized spacial score (nSPS) is 10.6. The summed E-state index contributed by atoms with van der Waals surface area (Å²) in [5.74, 6) is 0. The van der Waals surface area contributed by atoms with Gasteiger partial charge in [0.1, 0.15) is 6.29 Å². The maximum Gasteiger partial charge on any atom is 0.124 e. The summed E-state index contributed by atoms with van der Waals surface area (Å²) in [7, 11) is 0. The molecule has 0 atom stereocenters. The molecule has 1 nitrogen and oxygen atoms in total. The van der Waals surface area contributed by atoms with Gasteiger partial charge in [0.05, 0.1) is 0 Å². The fourth-order valence-electron chi connectivity index (χ4n) is 2.79. The van der Waals surface area contributed by atoms with E-state index in [2.05, 4.69) is 45.0 Å². The van der Waals surface area contributed by atoms with E-state index in [-0.39, 0.29) is 0 Å². The monoisotopic (exact) mass is 266 g/mol. The van der Waals surface area contributed by atoms with Gasteiger partial charge in [0.25, 0.3) is 0 Å². The first-order valence-electron chi connectivity index (χ1n) is 7.25. The minimum atomic E-state index is 0.504. The molecule has 2 aromatic carbocycles. The van der Waals surface area contributed by atoms with Gasteiger partial charge in [-0.2, -0.15) is 0 Å². The number of benzene rings is 2. The van der Waals surface area contributed by atoms with Gasteiger partial charge in [0.2, 0.25) is 0 Å². The molecule has 0 aliphatic heterocycles. The zero-order chi connectivity index (χ0) is 14.5. The number of hydrogen-bond acceptors (Lipinski definition) is 1. The van der Waals surface area contributed by atoms with Crippen molar-refractivity contribution < 1.29 is 4.79 Å². The Labute approximate surface area is 121 Å². The Bertz CT molecular complexity index is 594. The molecule has 0 saturated heterocycles. The van der Waals surface area contributed by atoms with Gasteiger partial charge in [-0.15, -0.1) is 0 Å². The van der Waals surface area contributed by atoms with Crippen molar-refractivity contribution in [2.75, 3.05) is 0 Å². The maximum atomic E-state index is 10.5. The topological polar surface area (TPSA) is 17.1 Å². The Balaban J connectivity index is 2.23. The molecule has 104 valence electrons. The smallest absolute Gasteiger partial charge is 0.124 e. The van der Waals surface area contributed by atoms with Gasteiger partial charge in [-0.3, -0.25) is 0 Å². The van der Waals surface area contributed by atoms with Gasteiger partial charge in [-0.1, -0.05) is 43.3 Å². The molecule has 20 heavy (non-hydrogen) atoms. The van der Waals surface area contributed by atoms with Crippen molar-refractivity contribution in [1.82, 2.24) is 0 Å². The van der Waals surface area contributed by atoms with Crippen LogP contribution in [0.2, 0.25) is 0 Å². The lowest BCUT2D eigenvalue weighted by atomic mass is 9.92. The van der Waals surface area contributed by atoms with Crippen LogP contribution in [0, 0.1) is 13.8 Å². The van der Waals surface area contributed by atoms with Gasteiger partial charge in [-0.05, 0) is 60.1 Å². The maximum absolute atomic E-state index is 10.5. The molecule has 0 radical (unpaired) electrons. The van der Waals surface area contributed by atoms with E-state index in [0.29, 0.717) is 6.42 Å². The van der Waals surface area contributed by atoms with Crippen molar-refractivity contribution in [3.05, 3.63) is 69.8 Å². The number of carbonyl (C=O) groups excluding carboxylic acids is 1. The third-order valence-electron chi connectivity index (χ3n) is 4.03. The summed E-state index contributed by atoms with van der Waals surface area (Å²) in [5.41, 5.74) is 8.06. The first kappa shape index (κ1) is 14.5. The molecule has 0 aliphatic carbocycles. The molecule has 2 rings (SSSR count). The summed E-state index contributed by atoms with van der Waals surface area (Å²) < 4.78 is 0. The molecular weight excluding hydrogens is 244 g/mol. The zero-order valence-corrected chi connectivity index (χ0v) is 12.6. The van der Waals surface area contributed by atoms with Crippen LogP contribution < -0.4 is 0 Å². The van der Waals surface area contributed by atoms with E-state index in [1.54, 1.807) is 0 Å². The van der Waals surface area contributed by atoms with Crippen LogP contribution in [0.15, 0.2) is 36.4 Å². The summed E-state index contributed by atoms with van der Waals surface area (Å²) in [6.45, 7) is 6.62. The predicted molar refractivity (Wildman–Crippen MR) is 84.3 cm³/mol. The second-order valence-electron chi connectivity index (χ2n) is 5.36. The highest BCUT2D eigenvalue weighted by Crippen LogP contribution is 2.21. The molecule has 0 heterocycles. The summed E-state index contributed by atoms with van der Waals surface area (Å²) in [6, 6.07) is 12.8. The Morgan fingerprint density at radius 3 is 2.20 bits per heavy atom. The molecule has 0 aromatic heterocycles. The number of rotatable bonds is 5. The fourth-order valence-corrected chi connectivity index (χ4v) is 2.79. The molecule has 0 bridgehead atoms. The van der Waals surface area contributed by atoms with E-state index in [4.69, 9.17) is 0 Å². The average Bonchev–Trinajstić information content (AvgIpc) is 2.45. The van der Waals surface area contributed by atoms with E-state index >= 15 is 0 Å². The third kappa shape index (κ3) is 3.16. The van der Waals surface area contributed by atoms with E-state index < -0.39 is 0 Å². The van der Waals surface area contributed by atoms with Crippen molar-refractivity contribution in [3.63, 3.8) is 0 Å². The Hall–Kier alpha value is -1.89. The van der Waals surface area contributed by atoms with Gasteiger partial charge < -0.3 is 4.79 Å². The molecule has 0 fully saturated rings. The quantitative estimate of drug-likeness (QED) is 0.741. The second-order valence-corrected chi connectivity index (χ2v) is 5.36. The third-order valence-corrected chi connectivity index (χ3v) is 4.03. The van der Waals surface area contributed by atoms with Crippen molar-refractivity contribution in [1.29, 1.82) is 0 Å². The summed E-state index contributed by atoms with van der Waals surface area (Å²) in [6.07, 6.45) is 3.50.